The minimum atomic E-state index is -1.16. The van der Waals surface area contributed by atoms with Gasteiger partial charge in [0.15, 0.2) is 11.6 Å². The third-order valence-electron chi connectivity index (χ3n) is 8.25. The first kappa shape index (κ1) is 16.3. The Morgan fingerprint density at radius 1 is 1.17 bits per heavy atom. The molecule has 4 aliphatic rings. The fraction of sp³-hybridized carbons (Fsp3) is 0.714. The SMILES string of the molecule is CC(=O)[C@@]1(O)CC[C@@H]2[C@@H]3C=CC4=CC(=O)CC[C@]4(C)[C@H]3CC[C@@]21C. The van der Waals surface area contributed by atoms with E-state index in [1.807, 2.05) is 6.08 Å². The van der Waals surface area contributed by atoms with Gasteiger partial charge in [0.1, 0.15) is 5.60 Å². The maximum Gasteiger partial charge on any atom is 0.161 e. The highest BCUT2D eigenvalue weighted by Crippen LogP contribution is 2.66. The van der Waals surface area contributed by atoms with Crippen molar-refractivity contribution in [3.8, 4) is 0 Å². The lowest BCUT2D eigenvalue weighted by molar-refractivity contribution is -0.156. The minimum Gasteiger partial charge on any atom is -0.382 e. The van der Waals surface area contributed by atoms with Gasteiger partial charge in [0.25, 0.3) is 0 Å². The molecule has 0 heterocycles. The molecule has 2 fully saturated rings. The van der Waals surface area contributed by atoms with Gasteiger partial charge in [-0.15, -0.1) is 0 Å². The largest absolute Gasteiger partial charge is 0.382 e. The van der Waals surface area contributed by atoms with Crippen molar-refractivity contribution in [1.29, 1.82) is 0 Å². The summed E-state index contributed by atoms with van der Waals surface area (Å²) in [5, 5.41) is 11.1. The summed E-state index contributed by atoms with van der Waals surface area (Å²) in [5.74, 6) is 1.47. The molecule has 4 rings (SSSR count). The van der Waals surface area contributed by atoms with Gasteiger partial charge in [0, 0.05) is 11.8 Å². The monoisotopic (exact) mass is 328 g/mol. The van der Waals surface area contributed by atoms with Gasteiger partial charge in [-0.25, -0.2) is 0 Å². The normalized spacial score (nSPS) is 49.9. The molecule has 2 saturated carbocycles. The maximum atomic E-state index is 12.2. The molecule has 0 bridgehead atoms. The zero-order chi connectivity index (χ0) is 17.3. The summed E-state index contributed by atoms with van der Waals surface area (Å²) in [6, 6.07) is 0. The molecule has 4 aliphatic carbocycles. The number of hydrogen-bond donors (Lipinski definition) is 1. The second-order valence-corrected chi connectivity index (χ2v) is 9.04. The fourth-order valence-electron chi connectivity index (χ4n) is 6.59. The molecule has 0 amide bonds. The van der Waals surface area contributed by atoms with Crippen molar-refractivity contribution < 1.29 is 14.7 Å². The van der Waals surface area contributed by atoms with Crippen LogP contribution in [0.15, 0.2) is 23.8 Å². The highest BCUT2D eigenvalue weighted by molar-refractivity contribution is 5.92. The average molecular weight is 328 g/mol. The zero-order valence-corrected chi connectivity index (χ0v) is 15.0. The summed E-state index contributed by atoms with van der Waals surface area (Å²) in [4.78, 5) is 24.0. The van der Waals surface area contributed by atoms with Gasteiger partial charge in [-0.3, -0.25) is 9.59 Å². The minimum absolute atomic E-state index is 0.0687. The second-order valence-electron chi connectivity index (χ2n) is 9.04. The van der Waals surface area contributed by atoms with Crippen LogP contribution in [0.1, 0.15) is 59.3 Å². The van der Waals surface area contributed by atoms with E-state index in [-0.39, 0.29) is 22.4 Å². The number of allylic oxidation sites excluding steroid dienone is 4. The topological polar surface area (TPSA) is 54.4 Å². The molecule has 0 aliphatic heterocycles. The van der Waals surface area contributed by atoms with E-state index in [1.54, 1.807) is 6.92 Å². The van der Waals surface area contributed by atoms with Crippen LogP contribution in [0.25, 0.3) is 0 Å². The highest BCUT2D eigenvalue weighted by Gasteiger charge is 2.64. The van der Waals surface area contributed by atoms with Crippen LogP contribution in [-0.4, -0.2) is 22.3 Å². The first-order valence-electron chi connectivity index (χ1n) is 9.39. The number of fused-ring (bicyclic) bond motifs is 5. The van der Waals surface area contributed by atoms with Crippen molar-refractivity contribution in [2.45, 2.75) is 64.9 Å². The van der Waals surface area contributed by atoms with Crippen molar-refractivity contribution in [3.05, 3.63) is 23.8 Å². The number of carbonyl (C=O) groups excluding carboxylic acids is 2. The van der Waals surface area contributed by atoms with Crippen LogP contribution in [-0.2, 0) is 9.59 Å². The van der Waals surface area contributed by atoms with Crippen molar-refractivity contribution in [2.24, 2.45) is 28.6 Å². The maximum absolute atomic E-state index is 12.2. The number of Topliss-reactive ketones (excluding diaryl/α,β-unsaturated/α-hetero) is 1. The van der Waals surface area contributed by atoms with E-state index < -0.39 is 5.60 Å². The Hall–Kier alpha value is -1.22. The standard InChI is InChI=1S/C21H28O3/c1-13(22)21(24)11-8-18-16-5-4-14-12-15(23)6-9-19(14,2)17(16)7-10-20(18,21)3/h4-5,12,16-18,24H,6-11H2,1-3H3/t16-,17+,18-,19+,20+,21+/m1/s1. The van der Waals surface area contributed by atoms with Gasteiger partial charge in [-0.1, -0.05) is 26.0 Å². The van der Waals surface area contributed by atoms with E-state index in [9.17, 15) is 14.7 Å². The number of hydrogen-bond acceptors (Lipinski definition) is 3. The Labute approximate surface area is 144 Å². The average Bonchev–Trinajstić information content (AvgIpc) is 2.81. The van der Waals surface area contributed by atoms with Crippen molar-refractivity contribution >= 4 is 11.6 Å². The summed E-state index contributed by atoms with van der Waals surface area (Å²) in [5.41, 5.74) is -0.197. The Morgan fingerprint density at radius 3 is 2.58 bits per heavy atom. The summed E-state index contributed by atoms with van der Waals surface area (Å²) in [6.07, 6.45) is 11.3. The molecule has 130 valence electrons. The molecule has 0 spiro atoms. The van der Waals surface area contributed by atoms with Gasteiger partial charge in [0.2, 0.25) is 0 Å². The quantitative estimate of drug-likeness (QED) is 0.800. The first-order valence-corrected chi connectivity index (χ1v) is 9.39. The number of aliphatic hydroxyl groups is 1. The van der Waals surface area contributed by atoms with Crippen LogP contribution < -0.4 is 0 Å². The Balaban J connectivity index is 1.75. The molecule has 0 saturated heterocycles. The molecule has 0 aromatic rings. The predicted octanol–water partition coefficient (Wildman–Crippen LogP) is 3.61. The van der Waals surface area contributed by atoms with Gasteiger partial charge in [-0.2, -0.15) is 0 Å². The third kappa shape index (κ3) is 1.82. The molecule has 24 heavy (non-hydrogen) atoms. The summed E-state index contributed by atoms with van der Waals surface area (Å²) in [6.45, 7) is 6.00. The van der Waals surface area contributed by atoms with Crippen LogP contribution >= 0.6 is 0 Å². The van der Waals surface area contributed by atoms with E-state index in [0.29, 0.717) is 30.6 Å². The van der Waals surface area contributed by atoms with E-state index in [2.05, 4.69) is 26.0 Å². The zero-order valence-electron chi connectivity index (χ0n) is 15.0. The molecule has 6 atom stereocenters. The van der Waals surface area contributed by atoms with Crippen molar-refractivity contribution in [2.75, 3.05) is 0 Å². The molecule has 0 aromatic heterocycles. The van der Waals surface area contributed by atoms with E-state index >= 15 is 0 Å². The Morgan fingerprint density at radius 2 is 1.88 bits per heavy atom. The first-order chi connectivity index (χ1) is 11.2. The van der Waals surface area contributed by atoms with Crippen molar-refractivity contribution in [3.63, 3.8) is 0 Å². The molecule has 1 N–H and O–H groups in total. The summed E-state index contributed by atoms with van der Waals surface area (Å²) < 4.78 is 0. The molecule has 3 nitrogen and oxygen atoms in total. The molecular formula is C21H28O3. The predicted molar refractivity (Wildman–Crippen MR) is 92.2 cm³/mol. The van der Waals surface area contributed by atoms with Gasteiger partial charge in [-0.05, 0) is 73.8 Å². The van der Waals surface area contributed by atoms with Crippen LogP contribution in [0.4, 0.5) is 0 Å². The third-order valence-corrected chi connectivity index (χ3v) is 8.25. The molecule has 0 aromatic carbocycles. The van der Waals surface area contributed by atoms with Crippen molar-refractivity contribution in [1.82, 2.24) is 0 Å². The molecule has 0 radical (unpaired) electrons. The van der Waals surface area contributed by atoms with Crippen LogP contribution in [0, 0.1) is 28.6 Å². The lowest BCUT2D eigenvalue weighted by Gasteiger charge is -2.56. The second kappa shape index (κ2) is 4.91. The summed E-state index contributed by atoms with van der Waals surface area (Å²) in [7, 11) is 0. The van der Waals surface area contributed by atoms with E-state index in [0.717, 1.165) is 25.7 Å². The van der Waals surface area contributed by atoms with Crippen LogP contribution in [0.3, 0.4) is 0 Å². The number of carbonyl (C=O) groups is 2. The summed E-state index contributed by atoms with van der Waals surface area (Å²) >= 11 is 0. The lowest BCUT2D eigenvalue weighted by atomic mass is 9.48. The van der Waals surface area contributed by atoms with Crippen LogP contribution in [0.2, 0.25) is 0 Å². The van der Waals surface area contributed by atoms with Gasteiger partial charge in [0.05, 0.1) is 0 Å². The molecule has 0 unspecified atom stereocenters. The number of rotatable bonds is 1. The van der Waals surface area contributed by atoms with Gasteiger partial charge >= 0.3 is 0 Å². The molecular weight excluding hydrogens is 300 g/mol. The van der Waals surface area contributed by atoms with E-state index in [1.165, 1.54) is 5.57 Å². The Bertz CT molecular complexity index is 675. The lowest BCUT2D eigenvalue weighted by Crippen LogP contribution is -2.56. The smallest absolute Gasteiger partial charge is 0.161 e. The van der Waals surface area contributed by atoms with Crippen LogP contribution in [0.5, 0.6) is 0 Å². The molecule has 3 heteroatoms. The number of ketones is 2. The van der Waals surface area contributed by atoms with Gasteiger partial charge < -0.3 is 5.11 Å². The Kier molecular flexibility index (Phi) is 3.32. The fourth-order valence-corrected chi connectivity index (χ4v) is 6.59. The highest BCUT2D eigenvalue weighted by atomic mass is 16.3. The van der Waals surface area contributed by atoms with E-state index in [4.69, 9.17) is 0 Å².